The number of benzene rings is 1. The molecule has 1 unspecified atom stereocenters. The Morgan fingerprint density at radius 1 is 1.28 bits per heavy atom. The molecule has 19 heteroatoms. The molecule has 2 fully saturated rings. The van der Waals surface area contributed by atoms with E-state index < -0.39 is 64.4 Å². The van der Waals surface area contributed by atoms with Crippen LogP contribution in [0.4, 0.5) is 5.13 Å². The zero-order valence-electron chi connectivity index (χ0n) is 22.8. The van der Waals surface area contributed by atoms with Gasteiger partial charge >= 0.3 is 16.4 Å². The Hall–Kier alpha value is -4.17. The van der Waals surface area contributed by atoms with E-state index in [1.165, 1.54) is 19.2 Å². The van der Waals surface area contributed by atoms with Crippen molar-refractivity contribution in [2.45, 2.75) is 50.4 Å². The van der Waals surface area contributed by atoms with Crippen molar-refractivity contribution in [3.8, 4) is 5.75 Å². The molecule has 1 saturated carbocycles. The number of hydrogen-bond donors (Lipinski definition) is 5. The molecule has 4 atom stereocenters. The first-order chi connectivity index (χ1) is 20.1. The number of aliphatic imine (C=N–C) groups is 1. The van der Waals surface area contributed by atoms with Crippen LogP contribution < -0.4 is 21.9 Å². The Balaban J connectivity index is 1.44. The third-order valence-electron chi connectivity index (χ3n) is 6.67. The second-order valence-electron chi connectivity index (χ2n) is 10.2. The summed E-state index contributed by atoms with van der Waals surface area (Å²) in [7, 11) is -4.99. The molecule has 4 rings (SSSR count). The largest absolute Gasteiger partial charge is 0.489 e. The number of amidine groups is 1. The number of rotatable bonds is 14. The minimum atomic E-state index is -4.99. The number of β-lactam (4-membered cyclic amide) rings is 1. The number of nitrogens with zero attached hydrogens (tertiary/aromatic N) is 4. The van der Waals surface area contributed by atoms with E-state index in [-0.39, 0.29) is 22.9 Å². The van der Waals surface area contributed by atoms with Crippen molar-refractivity contribution in [3.63, 3.8) is 0 Å². The number of aromatic nitrogens is 1. The maximum Gasteiger partial charge on any atom is 0.418 e. The number of carboxylic acids is 1. The van der Waals surface area contributed by atoms with Crippen molar-refractivity contribution in [3.05, 3.63) is 40.9 Å². The number of thiazole rings is 1. The van der Waals surface area contributed by atoms with E-state index in [1.54, 1.807) is 24.3 Å². The molecule has 1 amide bonds. The lowest BCUT2D eigenvalue weighted by molar-refractivity contribution is -0.228. The van der Waals surface area contributed by atoms with E-state index in [1.807, 2.05) is 0 Å². The summed E-state index contributed by atoms with van der Waals surface area (Å²) in [6.45, 7) is 2.33. The second-order valence-corrected chi connectivity index (χ2v) is 12.1. The molecule has 43 heavy (non-hydrogen) atoms. The summed E-state index contributed by atoms with van der Waals surface area (Å²) in [5, 5.41) is 15.3. The van der Waals surface area contributed by atoms with Crippen LogP contribution in [0, 0.1) is 5.92 Å². The SMILES string of the molecule is CC1(C)C(CC(=O)/C(=N\O[C@@H](COc2ccc(C(N)=N[C@H]3C[C@@H]3N)cc2)C(=O)O)c2csc(N)n2)C(=O)N1OS(=O)(=O)O. The molecule has 2 aromatic rings. The van der Waals surface area contributed by atoms with Gasteiger partial charge in [-0.3, -0.25) is 19.1 Å². The predicted molar refractivity (Wildman–Crippen MR) is 151 cm³/mol. The van der Waals surface area contributed by atoms with Gasteiger partial charge in [0.05, 0.1) is 17.5 Å². The van der Waals surface area contributed by atoms with E-state index >= 15 is 0 Å². The molecule has 1 saturated heterocycles. The lowest BCUT2D eigenvalue weighted by atomic mass is 9.74. The number of Topliss-reactive ketones (excluding diaryl/α,β-unsaturated/α-hetero) is 1. The molecule has 232 valence electrons. The summed E-state index contributed by atoms with van der Waals surface area (Å²) in [4.78, 5) is 51.1. The van der Waals surface area contributed by atoms with Crippen molar-refractivity contribution in [2.75, 3.05) is 12.3 Å². The van der Waals surface area contributed by atoms with Crippen molar-refractivity contribution in [2.24, 2.45) is 27.5 Å². The normalized spacial score (nSPS) is 22.5. The number of nitrogens with two attached hydrogens (primary N) is 3. The molecular weight excluding hydrogens is 610 g/mol. The Labute approximate surface area is 249 Å². The van der Waals surface area contributed by atoms with E-state index in [4.69, 9.17) is 31.3 Å². The standard InChI is InChI=1S/C24H29N7O10S2/c1-24(2)13(21(33)31(24)41-43(36,37)38)7-17(32)19(16-10-42-23(27)29-16)30-40-18(22(34)35)9-39-12-5-3-11(4-6-12)20(26)28-15-8-14(15)25/h3-6,10,13-15,18H,7-9,25H2,1-2H3,(H2,26,28)(H2,27,29)(H,34,35)(H,36,37,38)/b30-19-/t13?,14-,15-,18-/m0/s1. The number of hydroxylamine groups is 2. The van der Waals surface area contributed by atoms with Crippen LogP contribution in [-0.4, -0.2) is 87.7 Å². The van der Waals surface area contributed by atoms with Crippen molar-refractivity contribution < 1.29 is 46.3 Å². The number of ether oxygens (including phenoxy) is 1. The summed E-state index contributed by atoms with van der Waals surface area (Å²) in [5.41, 5.74) is 16.3. The fourth-order valence-corrected chi connectivity index (χ4v) is 5.05. The molecule has 17 nitrogen and oxygen atoms in total. The van der Waals surface area contributed by atoms with Crippen LogP contribution in [0.15, 0.2) is 39.8 Å². The number of nitrogen functional groups attached to an aromatic ring is 1. The van der Waals surface area contributed by atoms with Gasteiger partial charge in [0.1, 0.15) is 23.9 Å². The van der Waals surface area contributed by atoms with Gasteiger partial charge in [0.15, 0.2) is 16.6 Å². The molecular formula is C24H29N7O10S2. The highest BCUT2D eigenvalue weighted by molar-refractivity contribution is 7.80. The van der Waals surface area contributed by atoms with Gasteiger partial charge in [0.25, 0.3) is 12.0 Å². The van der Waals surface area contributed by atoms with Gasteiger partial charge in [0, 0.05) is 23.4 Å². The minimum Gasteiger partial charge on any atom is -0.489 e. The first kappa shape index (κ1) is 31.8. The number of aliphatic carboxylic acids is 1. The average Bonchev–Trinajstić information content (AvgIpc) is 3.45. The lowest BCUT2D eigenvalue weighted by Gasteiger charge is -2.50. The smallest absolute Gasteiger partial charge is 0.418 e. The molecule has 0 spiro atoms. The fraction of sp³-hybridized carbons (Fsp3) is 0.417. The molecule has 0 bridgehead atoms. The molecule has 1 aromatic heterocycles. The van der Waals surface area contributed by atoms with Crippen molar-refractivity contribution in [1.29, 1.82) is 0 Å². The number of amides is 1. The summed E-state index contributed by atoms with van der Waals surface area (Å²) in [6.07, 6.45) is -1.40. The van der Waals surface area contributed by atoms with Gasteiger partial charge in [-0.15, -0.1) is 15.6 Å². The third kappa shape index (κ3) is 7.62. The molecule has 1 aliphatic carbocycles. The Morgan fingerprint density at radius 2 is 1.93 bits per heavy atom. The number of ketones is 1. The first-order valence-corrected chi connectivity index (χ1v) is 14.9. The summed E-state index contributed by atoms with van der Waals surface area (Å²) >= 11 is 0.978. The minimum absolute atomic E-state index is 0.00283. The summed E-state index contributed by atoms with van der Waals surface area (Å²) in [6, 6.07) is 6.41. The Kier molecular flexibility index (Phi) is 9.02. The fourth-order valence-electron chi connectivity index (χ4n) is 4.05. The van der Waals surface area contributed by atoms with E-state index in [0.29, 0.717) is 22.2 Å². The van der Waals surface area contributed by atoms with Crippen LogP contribution in [0.5, 0.6) is 5.75 Å². The highest BCUT2D eigenvalue weighted by atomic mass is 32.3. The number of carboxylic acid groups (broad SMARTS) is 1. The lowest BCUT2D eigenvalue weighted by Crippen LogP contribution is -2.68. The van der Waals surface area contributed by atoms with E-state index in [9.17, 15) is 27.9 Å². The zero-order chi connectivity index (χ0) is 31.7. The molecule has 2 aliphatic rings. The number of oxime groups is 1. The third-order valence-corrected chi connectivity index (χ3v) is 7.68. The van der Waals surface area contributed by atoms with Crippen LogP contribution in [0.2, 0.25) is 0 Å². The first-order valence-electron chi connectivity index (χ1n) is 12.6. The molecule has 1 aliphatic heterocycles. The zero-order valence-corrected chi connectivity index (χ0v) is 24.4. The summed E-state index contributed by atoms with van der Waals surface area (Å²) in [5.74, 6) is -3.59. The van der Waals surface area contributed by atoms with Gasteiger partial charge in [-0.1, -0.05) is 5.16 Å². The van der Waals surface area contributed by atoms with Crippen molar-refractivity contribution in [1.82, 2.24) is 10.0 Å². The van der Waals surface area contributed by atoms with Gasteiger partial charge in [-0.05, 0) is 44.5 Å². The molecule has 2 heterocycles. The molecule has 1 aromatic carbocycles. The summed E-state index contributed by atoms with van der Waals surface area (Å²) < 4.78 is 40.9. The monoisotopic (exact) mass is 639 g/mol. The highest BCUT2D eigenvalue weighted by Gasteiger charge is 2.57. The number of anilines is 1. The maximum atomic E-state index is 13.2. The van der Waals surface area contributed by atoms with Crippen LogP contribution in [-0.2, 0) is 33.9 Å². The van der Waals surface area contributed by atoms with Crippen molar-refractivity contribution >= 4 is 56.1 Å². The number of carbonyl (C=O) groups excluding carboxylic acids is 2. The quantitative estimate of drug-likeness (QED) is 0.0584. The van der Waals surface area contributed by atoms with Crippen LogP contribution in [0.1, 0.15) is 37.9 Å². The van der Waals surface area contributed by atoms with Gasteiger partial charge in [-0.25, -0.2) is 9.78 Å². The van der Waals surface area contributed by atoms with Crippen LogP contribution in [0.25, 0.3) is 0 Å². The second kappa shape index (κ2) is 12.2. The Morgan fingerprint density at radius 3 is 2.44 bits per heavy atom. The Bertz CT molecular complexity index is 1570. The van der Waals surface area contributed by atoms with Gasteiger partial charge < -0.3 is 31.9 Å². The van der Waals surface area contributed by atoms with E-state index in [2.05, 4.69) is 19.4 Å². The van der Waals surface area contributed by atoms with Gasteiger partial charge in [0.2, 0.25) is 0 Å². The van der Waals surface area contributed by atoms with Crippen LogP contribution in [0.3, 0.4) is 0 Å². The van der Waals surface area contributed by atoms with E-state index in [0.717, 1.165) is 17.8 Å². The topological polar surface area (TPSA) is 272 Å². The average molecular weight is 640 g/mol. The van der Waals surface area contributed by atoms with Gasteiger partial charge in [-0.2, -0.15) is 13.5 Å². The predicted octanol–water partition coefficient (Wildman–Crippen LogP) is -0.286. The molecule has 0 radical (unpaired) electrons. The number of hydrogen-bond acceptors (Lipinski definition) is 14. The van der Waals surface area contributed by atoms with Crippen LogP contribution >= 0.6 is 11.3 Å². The number of carbonyl (C=O) groups is 3. The maximum absolute atomic E-state index is 13.2. The molecule has 8 N–H and O–H groups in total. The highest BCUT2D eigenvalue weighted by Crippen LogP contribution is 2.40.